The van der Waals surface area contributed by atoms with Gasteiger partial charge in [0.1, 0.15) is 0 Å². The Bertz CT molecular complexity index is 489. The van der Waals surface area contributed by atoms with Crippen molar-refractivity contribution in [3.63, 3.8) is 0 Å². The van der Waals surface area contributed by atoms with Gasteiger partial charge >= 0.3 is 0 Å². The van der Waals surface area contributed by atoms with E-state index < -0.39 is 0 Å². The van der Waals surface area contributed by atoms with Crippen molar-refractivity contribution in [2.24, 2.45) is 10.4 Å². The van der Waals surface area contributed by atoms with Crippen LogP contribution in [0.4, 0.5) is 0 Å². The summed E-state index contributed by atoms with van der Waals surface area (Å²) in [4.78, 5) is 23.8. The number of guanidine groups is 1. The van der Waals surface area contributed by atoms with Crippen molar-refractivity contribution in [3.8, 4) is 0 Å². The minimum atomic E-state index is 0.0597. The van der Waals surface area contributed by atoms with E-state index in [2.05, 4.69) is 42.8 Å². The zero-order chi connectivity index (χ0) is 19.9. The van der Waals surface area contributed by atoms with Gasteiger partial charge in [0.25, 0.3) is 0 Å². The third-order valence-electron chi connectivity index (χ3n) is 5.48. The molecule has 7 nitrogen and oxygen atoms in total. The molecule has 0 aliphatic carbocycles. The number of rotatable bonds is 6. The Morgan fingerprint density at radius 1 is 1.07 bits per heavy atom. The van der Waals surface area contributed by atoms with E-state index in [1.165, 1.54) is 0 Å². The first-order valence-corrected chi connectivity index (χ1v) is 10.4. The van der Waals surface area contributed by atoms with E-state index in [1.807, 2.05) is 4.90 Å². The molecule has 0 aromatic rings. The Morgan fingerprint density at radius 3 is 2.22 bits per heavy atom. The summed E-state index contributed by atoms with van der Waals surface area (Å²) < 4.78 is 5.64. The van der Waals surface area contributed by atoms with Crippen LogP contribution in [0, 0.1) is 5.41 Å². The highest BCUT2D eigenvalue weighted by atomic mass is 16.5. The summed E-state index contributed by atoms with van der Waals surface area (Å²) in [6.45, 7) is 16.1. The lowest BCUT2D eigenvalue weighted by Crippen LogP contribution is -2.54. The molecule has 1 atom stereocenters. The zero-order valence-corrected chi connectivity index (χ0v) is 18.0. The highest BCUT2D eigenvalue weighted by molar-refractivity contribution is 5.80. The lowest BCUT2D eigenvalue weighted by atomic mass is 9.89. The maximum atomic E-state index is 12.4. The summed E-state index contributed by atoms with van der Waals surface area (Å²) in [5.74, 6) is 1.24. The molecule has 1 unspecified atom stereocenters. The van der Waals surface area contributed by atoms with Gasteiger partial charge in [-0.05, 0) is 25.2 Å². The predicted octanol–water partition coefficient (Wildman–Crippen LogP) is 1.25. The molecule has 2 aliphatic heterocycles. The average molecular weight is 382 g/mol. The van der Waals surface area contributed by atoms with E-state index in [0.29, 0.717) is 13.1 Å². The smallest absolute Gasteiger partial charge is 0.236 e. The quantitative estimate of drug-likeness (QED) is 0.554. The molecule has 1 N–H and O–H groups in total. The molecule has 7 heteroatoms. The number of nitrogens with zero attached hydrogens (tertiary/aromatic N) is 4. The number of piperazine rings is 1. The molecule has 2 aliphatic rings. The fourth-order valence-electron chi connectivity index (χ4n) is 3.67. The van der Waals surface area contributed by atoms with Gasteiger partial charge in [-0.3, -0.25) is 14.7 Å². The molecule has 0 radical (unpaired) electrons. The van der Waals surface area contributed by atoms with Gasteiger partial charge in [0.2, 0.25) is 5.91 Å². The van der Waals surface area contributed by atoms with Crippen molar-refractivity contribution >= 4 is 11.9 Å². The SMILES string of the molecule is CCNC(=NCC(OC)C(C)(C)C)N1CCN(CC(=O)N2CCCC2)CC1. The van der Waals surface area contributed by atoms with Gasteiger partial charge in [0.05, 0.1) is 19.2 Å². The van der Waals surface area contributed by atoms with Crippen molar-refractivity contribution in [2.45, 2.75) is 46.6 Å². The van der Waals surface area contributed by atoms with E-state index in [4.69, 9.17) is 9.73 Å². The zero-order valence-electron chi connectivity index (χ0n) is 18.0. The Kier molecular flexibility index (Phi) is 8.35. The molecule has 2 fully saturated rings. The second-order valence-corrected chi connectivity index (χ2v) is 8.64. The normalized spacial score (nSPS) is 20.9. The van der Waals surface area contributed by atoms with Crippen LogP contribution in [0.5, 0.6) is 0 Å². The molecule has 2 heterocycles. The minimum Gasteiger partial charge on any atom is -0.379 e. The predicted molar refractivity (Wildman–Crippen MR) is 110 cm³/mol. The number of amides is 1. The highest BCUT2D eigenvalue weighted by Crippen LogP contribution is 2.22. The molecule has 156 valence electrons. The first-order valence-electron chi connectivity index (χ1n) is 10.4. The van der Waals surface area contributed by atoms with Gasteiger partial charge in [-0.15, -0.1) is 0 Å². The summed E-state index contributed by atoms with van der Waals surface area (Å²) in [5, 5.41) is 3.41. The number of likely N-dealkylation sites (tertiary alicyclic amines) is 1. The summed E-state index contributed by atoms with van der Waals surface area (Å²) in [5.41, 5.74) is 0.0597. The fourth-order valence-corrected chi connectivity index (χ4v) is 3.67. The highest BCUT2D eigenvalue weighted by Gasteiger charge is 2.26. The van der Waals surface area contributed by atoms with E-state index in [-0.39, 0.29) is 17.4 Å². The van der Waals surface area contributed by atoms with Crippen molar-refractivity contribution in [1.29, 1.82) is 0 Å². The van der Waals surface area contributed by atoms with E-state index in [0.717, 1.165) is 64.6 Å². The molecule has 27 heavy (non-hydrogen) atoms. The number of aliphatic imine (C=N–C) groups is 1. The summed E-state index contributed by atoms with van der Waals surface area (Å²) in [7, 11) is 1.76. The topological polar surface area (TPSA) is 60.4 Å². The molecular weight excluding hydrogens is 342 g/mol. The Hall–Kier alpha value is -1.34. The Labute approximate surface area is 165 Å². The third-order valence-corrected chi connectivity index (χ3v) is 5.48. The van der Waals surface area contributed by atoms with Crippen molar-refractivity contribution in [1.82, 2.24) is 20.0 Å². The van der Waals surface area contributed by atoms with E-state index >= 15 is 0 Å². The molecular formula is C20H39N5O2. The van der Waals surface area contributed by atoms with Crippen LogP contribution in [0.2, 0.25) is 0 Å². The van der Waals surface area contributed by atoms with E-state index in [9.17, 15) is 4.79 Å². The van der Waals surface area contributed by atoms with Gasteiger partial charge < -0.3 is 19.9 Å². The molecule has 0 aromatic heterocycles. The van der Waals surface area contributed by atoms with Gasteiger partial charge in [0.15, 0.2) is 5.96 Å². The van der Waals surface area contributed by atoms with Crippen LogP contribution in [0.1, 0.15) is 40.5 Å². The van der Waals surface area contributed by atoms with Crippen LogP contribution in [0.3, 0.4) is 0 Å². The van der Waals surface area contributed by atoms with Gasteiger partial charge in [0, 0.05) is 52.9 Å². The van der Waals surface area contributed by atoms with Crippen LogP contribution in [-0.4, -0.2) is 98.7 Å². The molecule has 0 aromatic carbocycles. The molecule has 1 amide bonds. The summed E-state index contributed by atoms with van der Waals surface area (Å²) >= 11 is 0. The fraction of sp³-hybridized carbons (Fsp3) is 0.900. The number of carbonyl (C=O) groups is 1. The van der Waals surface area contributed by atoms with Crippen molar-refractivity contribution < 1.29 is 9.53 Å². The van der Waals surface area contributed by atoms with Crippen LogP contribution in [0.25, 0.3) is 0 Å². The average Bonchev–Trinajstić information content (AvgIpc) is 3.16. The lowest BCUT2D eigenvalue weighted by molar-refractivity contribution is -0.131. The number of nitrogens with one attached hydrogen (secondary N) is 1. The van der Waals surface area contributed by atoms with Crippen molar-refractivity contribution in [3.05, 3.63) is 0 Å². The van der Waals surface area contributed by atoms with Crippen LogP contribution < -0.4 is 5.32 Å². The summed E-state index contributed by atoms with van der Waals surface area (Å²) in [6, 6.07) is 0. The maximum Gasteiger partial charge on any atom is 0.236 e. The number of hydrogen-bond acceptors (Lipinski definition) is 4. The van der Waals surface area contributed by atoms with Crippen LogP contribution in [-0.2, 0) is 9.53 Å². The standard InChI is InChI=1S/C20H39N5O2/c1-6-21-19(22-15-17(27-5)20(2,3)4)25-13-11-23(12-14-25)16-18(26)24-9-7-8-10-24/h17H,6-16H2,1-5H3,(H,21,22). The van der Waals surface area contributed by atoms with Crippen LogP contribution in [0.15, 0.2) is 4.99 Å². The molecule has 0 saturated carbocycles. The number of hydrogen-bond donors (Lipinski definition) is 1. The summed E-state index contributed by atoms with van der Waals surface area (Å²) in [6.07, 6.45) is 2.39. The van der Waals surface area contributed by atoms with Crippen LogP contribution >= 0.6 is 0 Å². The molecule has 2 saturated heterocycles. The Morgan fingerprint density at radius 2 is 1.70 bits per heavy atom. The monoisotopic (exact) mass is 381 g/mol. The number of methoxy groups -OCH3 is 1. The Balaban J connectivity index is 1.86. The molecule has 2 rings (SSSR count). The first-order chi connectivity index (χ1) is 12.8. The van der Waals surface area contributed by atoms with Gasteiger partial charge in [-0.1, -0.05) is 20.8 Å². The number of ether oxygens (including phenoxy) is 1. The second-order valence-electron chi connectivity index (χ2n) is 8.64. The minimum absolute atomic E-state index is 0.0597. The molecule has 0 bridgehead atoms. The number of carbonyl (C=O) groups excluding carboxylic acids is 1. The third kappa shape index (κ3) is 6.64. The van der Waals surface area contributed by atoms with Crippen molar-refractivity contribution in [2.75, 3.05) is 66.0 Å². The largest absolute Gasteiger partial charge is 0.379 e. The van der Waals surface area contributed by atoms with Gasteiger partial charge in [-0.25, -0.2) is 0 Å². The maximum absolute atomic E-state index is 12.4. The second kappa shape index (κ2) is 10.3. The van der Waals surface area contributed by atoms with E-state index in [1.54, 1.807) is 7.11 Å². The van der Waals surface area contributed by atoms with Gasteiger partial charge in [-0.2, -0.15) is 0 Å². The molecule has 0 spiro atoms. The lowest BCUT2D eigenvalue weighted by Gasteiger charge is -2.37. The first kappa shape index (κ1) is 22.0.